The zero-order chi connectivity index (χ0) is 17.0. The first kappa shape index (κ1) is 18.0. The molecular weight excluding hydrogens is 328 g/mol. The van der Waals surface area contributed by atoms with Gasteiger partial charge in [0, 0.05) is 17.1 Å². The van der Waals surface area contributed by atoms with Crippen LogP contribution in [0.4, 0.5) is 0 Å². The first-order valence-corrected chi connectivity index (χ1v) is 8.88. The van der Waals surface area contributed by atoms with Gasteiger partial charge in [0.2, 0.25) is 0 Å². The van der Waals surface area contributed by atoms with Crippen molar-refractivity contribution in [3.05, 3.63) is 50.0 Å². The molecule has 2 aromatic rings. The molecule has 1 heterocycles. The Morgan fingerprint density at radius 2 is 1.87 bits per heavy atom. The lowest BCUT2D eigenvalue weighted by Crippen LogP contribution is -2.21. The third kappa shape index (κ3) is 4.34. The van der Waals surface area contributed by atoms with Crippen LogP contribution in [0.25, 0.3) is 0 Å². The predicted octanol–water partition coefficient (Wildman–Crippen LogP) is 4.23. The molecule has 0 aliphatic rings. The Morgan fingerprint density at radius 3 is 2.43 bits per heavy atom. The molecule has 0 unspecified atom stereocenters. The molecule has 23 heavy (non-hydrogen) atoms. The van der Waals surface area contributed by atoms with E-state index in [1.54, 1.807) is 11.8 Å². The maximum Gasteiger partial charge on any atom is 0.255 e. The Kier molecular flexibility index (Phi) is 6.21. The highest BCUT2D eigenvalue weighted by Crippen LogP contribution is 2.31. The molecule has 0 saturated heterocycles. The molecule has 0 bridgehead atoms. The molecule has 2 rings (SSSR count). The van der Waals surface area contributed by atoms with Gasteiger partial charge >= 0.3 is 0 Å². The summed E-state index contributed by atoms with van der Waals surface area (Å²) in [6.07, 6.45) is 0.643. The van der Waals surface area contributed by atoms with E-state index in [0.717, 1.165) is 15.5 Å². The van der Waals surface area contributed by atoms with Crippen molar-refractivity contribution >= 4 is 24.0 Å². The fourth-order valence-corrected chi connectivity index (χ4v) is 4.05. The maximum atomic E-state index is 12.3. The molecule has 1 N–H and O–H groups in total. The van der Waals surface area contributed by atoms with E-state index in [-0.39, 0.29) is 5.56 Å². The van der Waals surface area contributed by atoms with Crippen molar-refractivity contribution in [3.63, 3.8) is 0 Å². The van der Waals surface area contributed by atoms with Crippen molar-refractivity contribution < 1.29 is 4.74 Å². The summed E-state index contributed by atoms with van der Waals surface area (Å²) in [5.41, 5.74) is 3.02. The topological polar surface area (TPSA) is 47.0 Å². The SMILES string of the molecule is CCOCn1c(Sc2cc(C)cc(C)c2)c(CC)c(=O)[nH]c1=S. The zero-order valence-corrected chi connectivity index (χ0v) is 15.6. The number of rotatable bonds is 6. The van der Waals surface area contributed by atoms with Crippen LogP contribution in [-0.2, 0) is 17.9 Å². The summed E-state index contributed by atoms with van der Waals surface area (Å²) in [7, 11) is 0. The Labute approximate surface area is 145 Å². The highest BCUT2D eigenvalue weighted by Gasteiger charge is 2.14. The van der Waals surface area contributed by atoms with Crippen molar-refractivity contribution in [2.45, 2.75) is 50.8 Å². The lowest BCUT2D eigenvalue weighted by Gasteiger charge is -2.16. The monoisotopic (exact) mass is 350 g/mol. The predicted molar refractivity (Wildman–Crippen MR) is 96.9 cm³/mol. The highest BCUT2D eigenvalue weighted by atomic mass is 32.2. The molecule has 4 nitrogen and oxygen atoms in total. The molecule has 0 atom stereocenters. The third-order valence-electron chi connectivity index (χ3n) is 3.43. The van der Waals surface area contributed by atoms with Crippen molar-refractivity contribution in [1.29, 1.82) is 0 Å². The van der Waals surface area contributed by atoms with Gasteiger partial charge in [-0.2, -0.15) is 0 Å². The van der Waals surface area contributed by atoms with Crippen molar-refractivity contribution in [1.82, 2.24) is 9.55 Å². The second-order valence-corrected chi connectivity index (χ2v) is 6.82. The molecule has 0 fully saturated rings. The van der Waals surface area contributed by atoms with Crippen LogP contribution >= 0.6 is 24.0 Å². The molecule has 0 amide bonds. The average Bonchev–Trinajstić information content (AvgIpc) is 2.46. The number of hydrogen-bond acceptors (Lipinski definition) is 4. The number of hydrogen-bond donors (Lipinski definition) is 1. The van der Waals surface area contributed by atoms with Gasteiger partial charge in [0.05, 0.1) is 5.03 Å². The van der Waals surface area contributed by atoms with E-state index in [9.17, 15) is 4.79 Å². The van der Waals surface area contributed by atoms with E-state index in [0.29, 0.717) is 24.5 Å². The summed E-state index contributed by atoms with van der Waals surface area (Å²) >= 11 is 6.90. The molecule has 1 aromatic heterocycles. The van der Waals surface area contributed by atoms with Crippen molar-refractivity contribution in [3.8, 4) is 0 Å². The van der Waals surface area contributed by atoms with Crippen LogP contribution in [0.15, 0.2) is 32.9 Å². The van der Waals surface area contributed by atoms with Crippen LogP contribution in [0.3, 0.4) is 0 Å². The number of aromatic nitrogens is 2. The molecule has 6 heteroatoms. The number of nitrogens with zero attached hydrogens (tertiary/aromatic N) is 1. The summed E-state index contributed by atoms with van der Waals surface area (Å²) in [5.74, 6) is 0. The smallest absolute Gasteiger partial charge is 0.255 e. The number of nitrogens with one attached hydrogen (secondary N) is 1. The quantitative estimate of drug-likeness (QED) is 0.625. The second kappa shape index (κ2) is 7.95. The first-order valence-electron chi connectivity index (χ1n) is 7.66. The Balaban J connectivity index is 2.57. The standard InChI is InChI=1S/C17H22N2O2S2/c1-5-14-15(20)18-17(22)19(10-21-6-2)16(14)23-13-8-11(3)7-12(4)9-13/h7-9H,5-6,10H2,1-4H3,(H,18,20,22). The van der Waals surface area contributed by atoms with Crippen molar-refractivity contribution in [2.24, 2.45) is 0 Å². The number of aromatic amines is 1. The molecule has 0 radical (unpaired) electrons. The fraction of sp³-hybridized carbons (Fsp3) is 0.412. The Bertz CT molecular complexity index is 789. The average molecular weight is 351 g/mol. The van der Waals surface area contributed by atoms with Crippen molar-refractivity contribution in [2.75, 3.05) is 6.61 Å². The van der Waals surface area contributed by atoms with Crippen LogP contribution in [0.1, 0.15) is 30.5 Å². The van der Waals surface area contributed by atoms with Gasteiger partial charge in [0.25, 0.3) is 5.56 Å². The third-order valence-corrected chi connectivity index (χ3v) is 4.88. The van der Waals surface area contributed by atoms with E-state index in [2.05, 4.69) is 37.0 Å². The lowest BCUT2D eigenvalue weighted by molar-refractivity contribution is 0.0794. The number of ether oxygens (including phenoxy) is 1. The summed E-state index contributed by atoms with van der Waals surface area (Å²) in [4.78, 5) is 16.1. The molecular formula is C17H22N2O2S2. The van der Waals surface area contributed by atoms with Crippen LogP contribution in [-0.4, -0.2) is 16.2 Å². The van der Waals surface area contributed by atoms with Crippen LogP contribution in [0, 0.1) is 18.6 Å². The largest absolute Gasteiger partial charge is 0.361 e. The number of benzene rings is 1. The van der Waals surface area contributed by atoms with Gasteiger partial charge in [-0.3, -0.25) is 14.3 Å². The van der Waals surface area contributed by atoms with Gasteiger partial charge in [-0.25, -0.2) is 0 Å². The van der Waals surface area contributed by atoms with Gasteiger partial charge in [-0.05, 0) is 62.7 Å². The van der Waals surface area contributed by atoms with Gasteiger partial charge in [-0.1, -0.05) is 24.8 Å². The lowest BCUT2D eigenvalue weighted by atomic mass is 10.2. The minimum Gasteiger partial charge on any atom is -0.361 e. The molecule has 0 aliphatic heterocycles. The molecule has 0 aliphatic carbocycles. The fourth-order valence-electron chi connectivity index (χ4n) is 2.42. The van der Waals surface area contributed by atoms with E-state index in [1.165, 1.54) is 11.1 Å². The number of aryl methyl sites for hydroxylation is 2. The van der Waals surface area contributed by atoms with E-state index < -0.39 is 0 Å². The van der Waals surface area contributed by atoms with Gasteiger partial charge in [-0.15, -0.1) is 0 Å². The van der Waals surface area contributed by atoms with Gasteiger partial charge in [0.15, 0.2) is 4.77 Å². The van der Waals surface area contributed by atoms with E-state index in [1.807, 2.05) is 18.4 Å². The minimum atomic E-state index is -0.114. The summed E-state index contributed by atoms with van der Waals surface area (Å²) in [6, 6.07) is 6.37. The highest BCUT2D eigenvalue weighted by molar-refractivity contribution is 7.99. The summed E-state index contributed by atoms with van der Waals surface area (Å²) < 4.78 is 7.78. The Morgan fingerprint density at radius 1 is 1.22 bits per heavy atom. The normalized spacial score (nSPS) is 11.0. The molecule has 1 aromatic carbocycles. The first-order chi connectivity index (χ1) is 11.0. The van der Waals surface area contributed by atoms with Crippen LogP contribution < -0.4 is 5.56 Å². The minimum absolute atomic E-state index is 0.114. The molecule has 0 spiro atoms. The van der Waals surface area contributed by atoms with Gasteiger partial charge < -0.3 is 4.74 Å². The summed E-state index contributed by atoms with van der Waals surface area (Å²) in [5, 5.41) is 0.861. The van der Waals surface area contributed by atoms with Crippen LogP contribution in [0.5, 0.6) is 0 Å². The van der Waals surface area contributed by atoms with E-state index >= 15 is 0 Å². The Hall–Kier alpha value is -1.37. The molecule has 124 valence electrons. The maximum absolute atomic E-state index is 12.3. The summed E-state index contributed by atoms with van der Waals surface area (Å²) in [6.45, 7) is 8.99. The van der Waals surface area contributed by atoms with E-state index in [4.69, 9.17) is 17.0 Å². The second-order valence-electron chi connectivity index (χ2n) is 5.37. The zero-order valence-electron chi connectivity index (χ0n) is 13.9. The van der Waals surface area contributed by atoms with Gasteiger partial charge in [0.1, 0.15) is 6.73 Å². The number of H-pyrrole nitrogens is 1. The molecule has 0 saturated carbocycles. The van der Waals surface area contributed by atoms with Crippen LogP contribution in [0.2, 0.25) is 0 Å².